The van der Waals surface area contributed by atoms with E-state index in [4.69, 9.17) is 4.74 Å². The molecule has 0 bridgehead atoms. The number of halogens is 3. The Morgan fingerprint density at radius 3 is 2.27 bits per heavy atom. The Kier molecular flexibility index (Phi) is 5.24. The number of aliphatic hydroxyl groups excluding tert-OH is 1. The van der Waals surface area contributed by atoms with Gasteiger partial charge in [-0.2, -0.15) is 0 Å². The van der Waals surface area contributed by atoms with E-state index in [1.165, 1.54) is 18.2 Å². The topological polar surface area (TPSA) is 55.8 Å². The SMILES string of the molecule is C=C(C(=O)OC(C)(C)C)C(O)c1ccccc1OC(F)(F)F. The highest BCUT2D eigenvalue weighted by Gasteiger charge is 2.34. The fourth-order valence-corrected chi connectivity index (χ4v) is 1.57. The zero-order valence-corrected chi connectivity index (χ0v) is 12.4. The molecule has 0 aliphatic carbocycles. The largest absolute Gasteiger partial charge is 0.573 e. The summed E-state index contributed by atoms with van der Waals surface area (Å²) in [5.74, 6) is -1.51. The lowest BCUT2D eigenvalue weighted by molar-refractivity contribution is -0.275. The van der Waals surface area contributed by atoms with Gasteiger partial charge >= 0.3 is 12.3 Å². The summed E-state index contributed by atoms with van der Waals surface area (Å²) in [7, 11) is 0. The lowest BCUT2D eigenvalue weighted by Crippen LogP contribution is -2.26. The Morgan fingerprint density at radius 2 is 1.77 bits per heavy atom. The molecule has 0 amide bonds. The minimum Gasteiger partial charge on any atom is -0.457 e. The summed E-state index contributed by atoms with van der Waals surface area (Å²) in [6.45, 7) is 8.24. The summed E-state index contributed by atoms with van der Waals surface area (Å²) < 4.78 is 45.9. The molecule has 0 heterocycles. The first-order valence-corrected chi connectivity index (χ1v) is 6.35. The van der Waals surface area contributed by atoms with Crippen LogP contribution in [-0.4, -0.2) is 23.0 Å². The average Bonchev–Trinajstić information content (AvgIpc) is 2.33. The average molecular weight is 318 g/mol. The summed E-state index contributed by atoms with van der Waals surface area (Å²) in [6.07, 6.45) is -6.59. The van der Waals surface area contributed by atoms with Gasteiger partial charge in [-0.25, -0.2) is 4.79 Å². The zero-order valence-electron chi connectivity index (χ0n) is 12.4. The van der Waals surface area contributed by atoms with Crippen molar-refractivity contribution in [3.63, 3.8) is 0 Å². The molecule has 0 aliphatic heterocycles. The van der Waals surface area contributed by atoms with Crippen molar-refractivity contribution in [3.8, 4) is 5.75 Å². The summed E-state index contributed by atoms with van der Waals surface area (Å²) >= 11 is 0. The van der Waals surface area contributed by atoms with Gasteiger partial charge in [0.05, 0.1) is 5.57 Å². The lowest BCUT2D eigenvalue weighted by Gasteiger charge is -2.23. The molecule has 22 heavy (non-hydrogen) atoms. The third kappa shape index (κ3) is 5.40. The molecule has 4 nitrogen and oxygen atoms in total. The zero-order chi connectivity index (χ0) is 17.1. The smallest absolute Gasteiger partial charge is 0.457 e. The van der Waals surface area contributed by atoms with Crippen LogP contribution in [0.1, 0.15) is 32.4 Å². The van der Waals surface area contributed by atoms with E-state index >= 15 is 0 Å². The van der Waals surface area contributed by atoms with Crippen LogP contribution in [0.15, 0.2) is 36.4 Å². The van der Waals surface area contributed by atoms with E-state index < -0.39 is 29.8 Å². The molecule has 0 fully saturated rings. The van der Waals surface area contributed by atoms with E-state index in [-0.39, 0.29) is 11.1 Å². The second-order valence-corrected chi connectivity index (χ2v) is 5.52. The highest BCUT2D eigenvalue weighted by molar-refractivity contribution is 5.89. The normalized spacial score (nSPS) is 13.4. The van der Waals surface area contributed by atoms with E-state index in [2.05, 4.69) is 11.3 Å². The van der Waals surface area contributed by atoms with Crippen LogP contribution in [0.25, 0.3) is 0 Å². The quantitative estimate of drug-likeness (QED) is 0.682. The number of carbonyl (C=O) groups is 1. The van der Waals surface area contributed by atoms with Crippen LogP contribution in [0.4, 0.5) is 13.2 Å². The Hall–Kier alpha value is -2.02. The van der Waals surface area contributed by atoms with Crippen molar-refractivity contribution in [1.29, 1.82) is 0 Å². The first-order valence-electron chi connectivity index (χ1n) is 6.35. The van der Waals surface area contributed by atoms with Crippen molar-refractivity contribution in [3.05, 3.63) is 42.0 Å². The van der Waals surface area contributed by atoms with E-state index in [0.717, 1.165) is 6.07 Å². The van der Waals surface area contributed by atoms with Crippen molar-refractivity contribution in [1.82, 2.24) is 0 Å². The fraction of sp³-hybridized carbons (Fsp3) is 0.400. The van der Waals surface area contributed by atoms with E-state index in [0.29, 0.717) is 0 Å². The molecular weight excluding hydrogens is 301 g/mol. The second kappa shape index (κ2) is 6.39. The van der Waals surface area contributed by atoms with Crippen LogP contribution in [0.2, 0.25) is 0 Å². The van der Waals surface area contributed by atoms with Gasteiger partial charge in [-0.3, -0.25) is 0 Å². The van der Waals surface area contributed by atoms with Gasteiger partial charge < -0.3 is 14.6 Å². The van der Waals surface area contributed by atoms with Gasteiger partial charge in [0.25, 0.3) is 0 Å². The number of para-hydroxylation sites is 1. The highest BCUT2D eigenvalue weighted by Crippen LogP contribution is 2.33. The molecule has 1 rings (SSSR count). The van der Waals surface area contributed by atoms with E-state index in [1.807, 2.05) is 0 Å². The first-order chi connectivity index (χ1) is 9.91. The summed E-state index contributed by atoms with van der Waals surface area (Å²) in [5.41, 5.74) is -1.43. The molecule has 0 saturated carbocycles. The molecule has 1 atom stereocenters. The van der Waals surface area contributed by atoms with E-state index in [1.54, 1.807) is 20.8 Å². The standard InChI is InChI=1S/C15H17F3O4/c1-9(13(20)22-14(2,3)4)12(19)10-7-5-6-8-11(10)21-15(16,17)18/h5-8,12,19H,1H2,2-4H3. The molecule has 0 aromatic heterocycles. The van der Waals surface area contributed by atoms with E-state index in [9.17, 15) is 23.1 Å². The maximum absolute atomic E-state index is 12.3. The molecule has 1 aromatic carbocycles. The van der Waals surface area contributed by atoms with Gasteiger partial charge in [0.15, 0.2) is 0 Å². The van der Waals surface area contributed by atoms with Gasteiger partial charge in [0, 0.05) is 5.56 Å². The predicted octanol–water partition coefficient (Wildman–Crippen LogP) is 3.52. The monoisotopic (exact) mass is 318 g/mol. The molecule has 0 spiro atoms. The first kappa shape index (κ1) is 18.0. The minimum atomic E-state index is -4.91. The van der Waals surface area contributed by atoms with Crippen molar-refractivity contribution in [2.24, 2.45) is 0 Å². The Morgan fingerprint density at radius 1 is 1.23 bits per heavy atom. The number of esters is 1. The van der Waals surface area contributed by atoms with Crippen LogP contribution in [0.3, 0.4) is 0 Å². The predicted molar refractivity (Wildman–Crippen MR) is 73.1 cm³/mol. The lowest BCUT2D eigenvalue weighted by atomic mass is 10.0. The van der Waals surface area contributed by atoms with Crippen LogP contribution < -0.4 is 4.74 Å². The molecule has 7 heteroatoms. The van der Waals surface area contributed by atoms with Crippen LogP contribution in [0, 0.1) is 0 Å². The number of hydrogen-bond donors (Lipinski definition) is 1. The van der Waals surface area contributed by atoms with Crippen LogP contribution in [-0.2, 0) is 9.53 Å². The number of benzene rings is 1. The van der Waals surface area contributed by atoms with Gasteiger partial charge in [-0.1, -0.05) is 24.8 Å². The molecule has 1 unspecified atom stereocenters. The summed E-state index contributed by atoms with van der Waals surface area (Å²) in [6, 6.07) is 4.97. The van der Waals surface area contributed by atoms with Crippen molar-refractivity contribution in [2.75, 3.05) is 0 Å². The summed E-state index contributed by atoms with van der Waals surface area (Å²) in [5, 5.41) is 10.1. The Balaban J connectivity index is 3.00. The number of hydrogen-bond acceptors (Lipinski definition) is 4. The number of ether oxygens (including phenoxy) is 2. The highest BCUT2D eigenvalue weighted by atomic mass is 19.4. The van der Waals surface area contributed by atoms with Gasteiger partial charge in [-0.15, -0.1) is 13.2 Å². The molecule has 0 radical (unpaired) electrons. The number of alkyl halides is 3. The maximum atomic E-state index is 12.3. The van der Waals surface area contributed by atoms with Crippen LogP contribution >= 0.6 is 0 Å². The third-order valence-corrected chi connectivity index (χ3v) is 2.43. The maximum Gasteiger partial charge on any atom is 0.573 e. The van der Waals surface area contributed by atoms with Gasteiger partial charge in [-0.05, 0) is 26.8 Å². The molecule has 1 aromatic rings. The molecule has 1 N–H and O–H groups in total. The number of carbonyl (C=O) groups excluding carboxylic acids is 1. The second-order valence-electron chi connectivity index (χ2n) is 5.52. The third-order valence-electron chi connectivity index (χ3n) is 2.43. The Labute approximate surface area is 126 Å². The molecule has 122 valence electrons. The molecular formula is C15H17F3O4. The Bertz CT molecular complexity index is 559. The number of rotatable bonds is 4. The minimum absolute atomic E-state index is 0.226. The van der Waals surface area contributed by atoms with Crippen molar-refractivity contribution >= 4 is 5.97 Å². The fourth-order valence-electron chi connectivity index (χ4n) is 1.57. The summed E-state index contributed by atoms with van der Waals surface area (Å²) in [4.78, 5) is 11.8. The molecule has 0 saturated heterocycles. The van der Waals surface area contributed by atoms with Gasteiger partial charge in [0.1, 0.15) is 17.5 Å². The van der Waals surface area contributed by atoms with Crippen LogP contribution in [0.5, 0.6) is 5.75 Å². The van der Waals surface area contributed by atoms with Crippen molar-refractivity contribution in [2.45, 2.75) is 38.8 Å². The molecule has 0 aliphatic rings. The number of aliphatic hydroxyl groups is 1. The van der Waals surface area contributed by atoms with Crippen molar-refractivity contribution < 1.29 is 32.5 Å². The van der Waals surface area contributed by atoms with Gasteiger partial charge in [0.2, 0.25) is 0 Å².